The second-order valence-electron chi connectivity index (χ2n) is 13.0. The van der Waals surface area contributed by atoms with E-state index in [9.17, 15) is 14.4 Å². The maximum atomic E-state index is 13.9. The van der Waals surface area contributed by atoms with Gasteiger partial charge in [-0.25, -0.2) is 4.98 Å². The summed E-state index contributed by atoms with van der Waals surface area (Å²) in [6.45, 7) is 6.09. The summed E-state index contributed by atoms with van der Waals surface area (Å²) in [6, 6.07) is 13.7. The first-order valence-corrected chi connectivity index (χ1v) is 16.4. The summed E-state index contributed by atoms with van der Waals surface area (Å²) in [6.07, 6.45) is 4.41. The highest BCUT2D eigenvalue weighted by atomic mass is 35.5. The molecule has 0 saturated heterocycles. The van der Waals surface area contributed by atoms with E-state index in [0.29, 0.717) is 33.1 Å². The number of H-pyrrole nitrogens is 1. The van der Waals surface area contributed by atoms with Crippen molar-refractivity contribution in [1.82, 2.24) is 35.7 Å². The zero-order chi connectivity index (χ0) is 33.9. The fourth-order valence-corrected chi connectivity index (χ4v) is 6.79. The number of methoxy groups -OCH3 is 1. The van der Waals surface area contributed by atoms with Crippen molar-refractivity contribution >= 4 is 40.4 Å². The fourth-order valence-electron chi connectivity index (χ4n) is 6.52. The van der Waals surface area contributed by atoms with Gasteiger partial charge in [0.2, 0.25) is 11.8 Å². The van der Waals surface area contributed by atoms with E-state index in [1.54, 1.807) is 33.5 Å². The first kappa shape index (κ1) is 34.1. The van der Waals surface area contributed by atoms with Crippen LogP contribution in [0.4, 0.5) is 0 Å². The van der Waals surface area contributed by atoms with Crippen LogP contribution in [0.25, 0.3) is 11.0 Å². The third kappa shape index (κ3) is 6.92. The van der Waals surface area contributed by atoms with E-state index in [1.807, 2.05) is 49.4 Å². The Morgan fingerprint density at radius 2 is 1.87 bits per heavy atom. The summed E-state index contributed by atoms with van der Waals surface area (Å²) in [5.74, 6) is -0.308. The second kappa shape index (κ2) is 14.3. The van der Waals surface area contributed by atoms with Crippen molar-refractivity contribution in [3.8, 4) is 0 Å². The standard InChI is InChI=1S/C35H44ClN7O4/c1-20(2)28(23-12-7-8-13-24(23)36)30(41-32(44)27-16-17-38-43(27)5)31-39-25-15-14-22(18-26(25)40-31)35(3,19-47-6)34(46)42-29(33(45)37-4)21-10-9-11-21/h7-8,12-18,20-21,28-30H,9-11,19H2,1-6H3,(H,37,45)(H,39,40)(H,41,44)(H,42,46)/t28-,29+,30-,35?/m0/s1. The number of hydrogen-bond donors (Lipinski definition) is 4. The summed E-state index contributed by atoms with van der Waals surface area (Å²) in [5, 5.41) is 13.7. The molecule has 0 bridgehead atoms. The summed E-state index contributed by atoms with van der Waals surface area (Å²) in [4.78, 5) is 48.7. The van der Waals surface area contributed by atoms with Crippen molar-refractivity contribution in [1.29, 1.82) is 0 Å². The van der Waals surface area contributed by atoms with Crippen molar-refractivity contribution in [2.45, 2.75) is 63.5 Å². The number of amides is 3. The third-order valence-electron chi connectivity index (χ3n) is 9.48. The average Bonchev–Trinajstić information content (AvgIpc) is 3.65. The molecule has 0 radical (unpaired) electrons. The smallest absolute Gasteiger partial charge is 0.270 e. The highest BCUT2D eigenvalue weighted by Gasteiger charge is 2.41. The van der Waals surface area contributed by atoms with Gasteiger partial charge in [-0.3, -0.25) is 19.1 Å². The van der Waals surface area contributed by atoms with Crippen LogP contribution >= 0.6 is 11.6 Å². The number of ether oxygens (including phenoxy) is 1. The number of aryl methyl sites for hydroxylation is 1. The van der Waals surface area contributed by atoms with Gasteiger partial charge in [-0.15, -0.1) is 0 Å². The largest absolute Gasteiger partial charge is 0.383 e. The number of hydrogen-bond acceptors (Lipinski definition) is 6. The van der Waals surface area contributed by atoms with E-state index in [4.69, 9.17) is 21.3 Å². The first-order valence-electron chi connectivity index (χ1n) is 16.0. The van der Waals surface area contributed by atoms with Crippen LogP contribution in [0.3, 0.4) is 0 Å². The van der Waals surface area contributed by atoms with E-state index in [1.165, 1.54) is 4.68 Å². The molecule has 1 aliphatic carbocycles. The Bertz CT molecular complexity index is 1750. The van der Waals surface area contributed by atoms with Gasteiger partial charge in [-0.1, -0.05) is 56.1 Å². The van der Waals surface area contributed by atoms with Crippen LogP contribution in [-0.4, -0.2) is 64.3 Å². The molecule has 12 heteroatoms. The average molecular weight is 662 g/mol. The number of aromatic nitrogens is 4. The molecular formula is C35H44ClN7O4. The van der Waals surface area contributed by atoms with Gasteiger partial charge in [0.25, 0.3) is 5.91 Å². The Hall–Kier alpha value is -4.22. The van der Waals surface area contributed by atoms with Gasteiger partial charge in [0.15, 0.2) is 0 Å². The Labute approximate surface area is 280 Å². The molecule has 1 aliphatic rings. The number of benzene rings is 2. The van der Waals surface area contributed by atoms with E-state index in [0.717, 1.165) is 24.8 Å². The number of rotatable bonds is 13. The van der Waals surface area contributed by atoms with Crippen LogP contribution in [0, 0.1) is 11.8 Å². The number of fused-ring (bicyclic) bond motifs is 1. The zero-order valence-corrected chi connectivity index (χ0v) is 28.5. The molecule has 1 saturated carbocycles. The van der Waals surface area contributed by atoms with Gasteiger partial charge in [0.1, 0.15) is 17.6 Å². The molecule has 3 amide bonds. The number of halogens is 1. The van der Waals surface area contributed by atoms with Crippen LogP contribution in [0.2, 0.25) is 5.02 Å². The van der Waals surface area contributed by atoms with E-state index >= 15 is 0 Å². The van der Waals surface area contributed by atoms with Crippen molar-refractivity contribution < 1.29 is 19.1 Å². The summed E-state index contributed by atoms with van der Waals surface area (Å²) in [7, 11) is 4.86. The molecule has 4 atom stereocenters. The summed E-state index contributed by atoms with van der Waals surface area (Å²) < 4.78 is 7.09. The van der Waals surface area contributed by atoms with Crippen molar-refractivity contribution in [2.24, 2.45) is 18.9 Å². The maximum absolute atomic E-state index is 13.9. The number of nitrogens with zero attached hydrogens (tertiary/aromatic N) is 3. The molecule has 4 N–H and O–H groups in total. The molecule has 0 spiro atoms. The van der Waals surface area contributed by atoms with Gasteiger partial charge in [0, 0.05) is 38.3 Å². The third-order valence-corrected chi connectivity index (χ3v) is 9.83. The molecule has 5 rings (SSSR count). The number of carbonyl (C=O) groups is 3. The normalized spacial score (nSPS) is 16.6. The maximum Gasteiger partial charge on any atom is 0.270 e. The summed E-state index contributed by atoms with van der Waals surface area (Å²) in [5.41, 5.74) is 2.26. The number of likely N-dealkylation sites (N-methyl/N-ethyl adjacent to an activating group) is 1. The van der Waals surface area contributed by atoms with Crippen molar-refractivity contribution in [2.75, 3.05) is 20.8 Å². The van der Waals surface area contributed by atoms with Gasteiger partial charge in [-0.2, -0.15) is 5.10 Å². The minimum Gasteiger partial charge on any atom is -0.383 e. The van der Waals surface area contributed by atoms with Gasteiger partial charge in [-0.05, 0) is 67.0 Å². The monoisotopic (exact) mass is 661 g/mol. The number of aromatic amines is 1. The highest BCUT2D eigenvalue weighted by molar-refractivity contribution is 6.31. The van der Waals surface area contributed by atoms with Gasteiger partial charge < -0.3 is 25.7 Å². The Balaban J connectivity index is 1.54. The number of nitrogens with one attached hydrogen (secondary N) is 4. The SMILES string of the molecule is CNC(=O)[C@H](NC(=O)C(C)(COC)c1ccc2nc([C@@H](NC(=O)c3ccnn3C)[C@H](c3ccccc3Cl)C(C)C)[nH]c2c1)C1CCC1. The minimum absolute atomic E-state index is 0.0631. The molecule has 2 aromatic heterocycles. The topological polar surface area (TPSA) is 143 Å². The molecule has 1 unspecified atom stereocenters. The lowest BCUT2D eigenvalue weighted by molar-refractivity contribution is -0.134. The van der Waals surface area contributed by atoms with Crippen LogP contribution in [0.15, 0.2) is 54.7 Å². The number of imidazole rings is 1. The van der Waals surface area contributed by atoms with E-state index in [-0.39, 0.29) is 42.1 Å². The molecule has 250 valence electrons. The van der Waals surface area contributed by atoms with E-state index in [2.05, 4.69) is 39.9 Å². The lowest BCUT2D eigenvalue weighted by Crippen LogP contribution is -2.57. The van der Waals surface area contributed by atoms with Crippen LogP contribution in [0.1, 0.15) is 79.4 Å². The Morgan fingerprint density at radius 3 is 2.47 bits per heavy atom. The predicted molar refractivity (Wildman–Crippen MR) is 181 cm³/mol. The van der Waals surface area contributed by atoms with Crippen molar-refractivity contribution in [3.63, 3.8) is 0 Å². The number of carbonyl (C=O) groups excluding carboxylic acids is 3. The minimum atomic E-state index is -1.10. The van der Waals surface area contributed by atoms with Crippen LogP contribution in [0.5, 0.6) is 0 Å². The lowest BCUT2D eigenvalue weighted by Gasteiger charge is -2.36. The van der Waals surface area contributed by atoms with Gasteiger partial charge in [0.05, 0.1) is 29.1 Å². The summed E-state index contributed by atoms with van der Waals surface area (Å²) >= 11 is 6.73. The van der Waals surface area contributed by atoms with E-state index < -0.39 is 17.5 Å². The predicted octanol–water partition coefficient (Wildman–Crippen LogP) is 4.80. The van der Waals surface area contributed by atoms with Crippen LogP contribution in [-0.2, 0) is 26.8 Å². The first-order chi connectivity index (χ1) is 22.5. The molecule has 47 heavy (non-hydrogen) atoms. The molecule has 2 heterocycles. The Morgan fingerprint density at radius 1 is 1.13 bits per heavy atom. The zero-order valence-electron chi connectivity index (χ0n) is 27.8. The molecule has 0 aliphatic heterocycles. The van der Waals surface area contributed by atoms with Crippen molar-refractivity contribution in [3.05, 3.63) is 82.4 Å². The molecule has 2 aromatic carbocycles. The second-order valence-corrected chi connectivity index (χ2v) is 13.4. The molecule has 11 nitrogen and oxygen atoms in total. The molecule has 1 fully saturated rings. The van der Waals surface area contributed by atoms with Gasteiger partial charge >= 0.3 is 0 Å². The lowest BCUT2D eigenvalue weighted by atomic mass is 9.77. The Kier molecular flexibility index (Phi) is 10.4. The molecular weight excluding hydrogens is 618 g/mol. The fraction of sp³-hybridized carbons (Fsp3) is 0.457. The quantitative estimate of drug-likeness (QED) is 0.162. The van der Waals surface area contributed by atoms with Crippen LogP contribution < -0.4 is 16.0 Å². The highest BCUT2D eigenvalue weighted by Crippen LogP contribution is 2.40. The molecule has 4 aromatic rings.